The molecule has 2 fully saturated rings. The SMILES string of the molecule is CC(C)(C)OC(=O)N1C[C@@H]2CC(F)(C#N)C[C@@H]2C1. The van der Waals surface area contributed by atoms with E-state index in [2.05, 4.69) is 0 Å². The van der Waals surface area contributed by atoms with Crippen molar-refractivity contribution in [3.8, 4) is 6.07 Å². The lowest BCUT2D eigenvalue weighted by Crippen LogP contribution is -2.36. The average molecular weight is 254 g/mol. The first-order valence-electron chi connectivity index (χ1n) is 6.30. The minimum absolute atomic E-state index is 0.0992. The number of ether oxygens (including phenoxy) is 1. The highest BCUT2D eigenvalue weighted by atomic mass is 19.1. The van der Waals surface area contributed by atoms with Gasteiger partial charge < -0.3 is 9.64 Å². The predicted molar refractivity (Wildman–Crippen MR) is 63.5 cm³/mol. The summed E-state index contributed by atoms with van der Waals surface area (Å²) >= 11 is 0. The molecule has 0 aromatic rings. The molecule has 4 nitrogen and oxygen atoms in total. The van der Waals surface area contributed by atoms with Gasteiger partial charge in [0.2, 0.25) is 0 Å². The van der Waals surface area contributed by atoms with Gasteiger partial charge in [-0.1, -0.05) is 0 Å². The third-order valence-corrected chi connectivity index (χ3v) is 3.60. The second-order valence-electron chi connectivity index (χ2n) is 6.39. The second kappa shape index (κ2) is 4.11. The minimum Gasteiger partial charge on any atom is -0.444 e. The zero-order valence-corrected chi connectivity index (χ0v) is 11.1. The molecule has 1 saturated carbocycles. The van der Waals surface area contributed by atoms with Gasteiger partial charge in [0.25, 0.3) is 0 Å². The van der Waals surface area contributed by atoms with E-state index in [9.17, 15) is 9.18 Å². The van der Waals surface area contributed by atoms with Crippen LogP contribution in [0.3, 0.4) is 0 Å². The van der Waals surface area contributed by atoms with Gasteiger partial charge in [0.1, 0.15) is 11.7 Å². The molecular weight excluding hydrogens is 235 g/mol. The van der Waals surface area contributed by atoms with Crippen LogP contribution in [0.15, 0.2) is 0 Å². The Hall–Kier alpha value is -1.31. The van der Waals surface area contributed by atoms with Gasteiger partial charge in [-0.25, -0.2) is 9.18 Å². The van der Waals surface area contributed by atoms with Crippen molar-refractivity contribution in [3.05, 3.63) is 0 Å². The van der Waals surface area contributed by atoms with Crippen molar-refractivity contribution in [2.45, 2.75) is 44.9 Å². The van der Waals surface area contributed by atoms with Crippen LogP contribution in [0.5, 0.6) is 0 Å². The minimum atomic E-state index is -1.69. The Balaban J connectivity index is 1.93. The molecule has 0 bridgehead atoms. The molecule has 0 N–H and O–H groups in total. The summed E-state index contributed by atoms with van der Waals surface area (Å²) in [6.07, 6.45) is 0.152. The first-order chi connectivity index (χ1) is 8.22. The normalized spacial score (nSPS) is 35.2. The van der Waals surface area contributed by atoms with Crippen LogP contribution in [0.4, 0.5) is 9.18 Å². The Bertz CT molecular complexity index is 383. The molecule has 1 heterocycles. The fourth-order valence-corrected chi connectivity index (χ4v) is 2.88. The summed E-state index contributed by atoms with van der Waals surface area (Å²) in [5.41, 5.74) is -2.19. The first kappa shape index (κ1) is 13.1. The van der Waals surface area contributed by atoms with Gasteiger partial charge in [-0.3, -0.25) is 0 Å². The first-order valence-corrected chi connectivity index (χ1v) is 6.30. The summed E-state index contributed by atoms with van der Waals surface area (Å²) in [4.78, 5) is 13.5. The molecule has 2 aliphatic rings. The number of rotatable bonds is 0. The van der Waals surface area contributed by atoms with Crippen molar-refractivity contribution in [2.24, 2.45) is 11.8 Å². The zero-order valence-electron chi connectivity index (χ0n) is 11.1. The summed E-state index contributed by atoms with van der Waals surface area (Å²) in [5.74, 6) is 0.198. The second-order valence-corrected chi connectivity index (χ2v) is 6.39. The smallest absolute Gasteiger partial charge is 0.410 e. The van der Waals surface area contributed by atoms with Crippen LogP contribution in [0.25, 0.3) is 0 Å². The van der Waals surface area contributed by atoms with Crippen LogP contribution in [-0.2, 0) is 4.74 Å². The van der Waals surface area contributed by atoms with Gasteiger partial charge in [0, 0.05) is 13.1 Å². The Labute approximate surface area is 107 Å². The largest absolute Gasteiger partial charge is 0.444 e. The average Bonchev–Trinajstić information content (AvgIpc) is 2.70. The number of fused-ring (bicyclic) bond motifs is 1. The van der Waals surface area contributed by atoms with Crippen molar-refractivity contribution in [2.75, 3.05) is 13.1 Å². The number of halogens is 1. The van der Waals surface area contributed by atoms with Gasteiger partial charge in [0.15, 0.2) is 5.67 Å². The van der Waals surface area contributed by atoms with E-state index in [-0.39, 0.29) is 30.8 Å². The Morgan fingerprint density at radius 3 is 2.28 bits per heavy atom. The third-order valence-electron chi connectivity index (χ3n) is 3.60. The lowest BCUT2D eigenvalue weighted by molar-refractivity contribution is 0.0271. The highest BCUT2D eigenvalue weighted by molar-refractivity contribution is 5.68. The number of hydrogen-bond donors (Lipinski definition) is 0. The van der Waals surface area contributed by atoms with Gasteiger partial charge in [0.05, 0.1) is 0 Å². The predicted octanol–water partition coefficient (Wildman–Crippen LogP) is 2.50. The number of nitriles is 1. The van der Waals surface area contributed by atoms with Gasteiger partial charge in [-0.15, -0.1) is 0 Å². The molecule has 0 aromatic heterocycles. The summed E-state index contributed by atoms with van der Waals surface area (Å²) in [6, 6.07) is 1.75. The van der Waals surface area contributed by atoms with Crippen molar-refractivity contribution in [3.63, 3.8) is 0 Å². The number of nitrogens with zero attached hydrogens (tertiary/aromatic N) is 2. The summed E-state index contributed by atoms with van der Waals surface area (Å²) < 4.78 is 19.2. The lowest BCUT2D eigenvalue weighted by atomic mass is 10.0. The summed E-state index contributed by atoms with van der Waals surface area (Å²) in [7, 11) is 0. The fraction of sp³-hybridized carbons (Fsp3) is 0.846. The number of likely N-dealkylation sites (tertiary alicyclic amines) is 1. The molecule has 18 heavy (non-hydrogen) atoms. The molecule has 5 heteroatoms. The Morgan fingerprint density at radius 1 is 1.39 bits per heavy atom. The van der Waals surface area contributed by atoms with E-state index in [0.717, 1.165) is 0 Å². The molecule has 0 radical (unpaired) electrons. The number of carbonyl (C=O) groups is 1. The maximum atomic E-state index is 13.9. The maximum Gasteiger partial charge on any atom is 0.410 e. The van der Waals surface area contributed by atoms with Crippen LogP contribution >= 0.6 is 0 Å². The Kier molecular flexibility index (Phi) is 3.00. The number of hydrogen-bond acceptors (Lipinski definition) is 3. The van der Waals surface area contributed by atoms with Crippen LogP contribution in [0.2, 0.25) is 0 Å². The standard InChI is InChI=1S/C13H19FN2O2/c1-12(2,3)18-11(17)16-6-9-4-13(14,8-15)5-10(9)7-16/h9-10H,4-7H2,1-3H3/t9-,10+,13?. The van der Waals surface area contributed by atoms with E-state index in [1.807, 2.05) is 20.8 Å². The van der Waals surface area contributed by atoms with E-state index < -0.39 is 11.3 Å². The van der Waals surface area contributed by atoms with E-state index in [1.165, 1.54) is 0 Å². The van der Waals surface area contributed by atoms with Crippen molar-refractivity contribution in [1.82, 2.24) is 4.90 Å². The molecule has 1 aliphatic carbocycles. The molecule has 100 valence electrons. The van der Waals surface area contributed by atoms with Crippen molar-refractivity contribution >= 4 is 6.09 Å². The monoisotopic (exact) mass is 254 g/mol. The van der Waals surface area contributed by atoms with E-state index >= 15 is 0 Å². The van der Waals surface area contributed by atoms with Crippen LogP contribution in [0.1, 0.15) is 33.6 Å². The molecule has 1 aliphatic heterocycles. The molecule has 1 saturated heterocycles. The topological polar surface area (TPSA) is 53.3 Å². The van der Waals surface area contributed by atoms with Crippen LogP contribution in [-0.4, -0.2) is 35.4 Å². The van der Waals surface area contributed by atoms with Crippen LogP contribution in [0, 0.1) is 23.2 Å². The molecule has 1 unspecified atom stereocenters. The molecule has 1 amide bonds. The molecule has 2 rings (SSSR count). The quantitative estimate of drug-likeness (QED) is 0.667. The van der Waals surface area contributed by atoms with E-state index in [0.29, 0.717) is 13.1 Å². The zero-order chi connectivity index (χ0) is 13.6. The number of carbonyl (C=O) groups excluding carboxylic acids is 1. The molecule has 0 aromatic carbocycles. The molecule has 3 atom stereocenters. The van der Waals surface area contributed by atoms with Gasteiger partial charge in [-0.05, 0) is 45.4 Å². The van der Waals surface area contributed by atoms with E-state index in [4.69, 9.17) is 10.00 Å². The van der Waals surface area contributed by atoms with Gasteiger partial charge in [-0.2, -0.15) is 5.26 Å². The molecule has 0 spiro atoms. The van der Waals surface area contributed by atoms with Gasteiger partial charge >= 0.3 is 6.09 Å². The lowest BCUT2D eigenvalue weighted by Gasteiger charge is -2.25. The van der Waals surface area contributed by atoms with E-state index in [1.54, 1.807) is 11.0 Å². The summed E-state index contributed by atoms with van der Waals surface area (Å²) in [5, 5.41) is 8.78. The number of alkyl halides is 1. The number of amides is 1. The van der Waals surface area contributed by atoms with Crippen LogP contribution < -0.4 is 0 Å². The fourth-order valence-electron chi connectivity index (χ4n) is 2.88. The summed E-state index contributed by atoms with van der Waals surface area (Å²) in [6.45, 7) is 6.48. The maximum absolute atomic E-state index is 13.9. The third kappa shape index (κ3) is 2.58. The van der Waals surface area contributed by atoms with Crippen molar-refractivity contribution in [1.29, 1.82) is 5.26 Å². The highest BCUT2D eigenvalue weighted by Crippen LogP contribution is 2.45. The highest BCUT2D eigenvalue weighted by Gasteiger charge is 2.51. The van der Waals surface area contributed by atoms with Crippen molar-refractivity contribution < 1.29 is 13.9 Å². The Morgan fingerprint density at radius 2 is 1.89 bits per heavy atom. The molecular formula is C13H19FN2O2.